The van der Waals surface area contributed by atoms with Gasteiger partial charge in [-0.25, -0.2) is 0 Å². The molecule has 0 spiro atoms. The number of hydrogen-bond donors (Lipinski definition) is 0. The first kappa shape index (κ1) is 13.5. The fraction of sp³-hybridized carbons (Fsp3) is 0.250. The second-order valence-corrected chi connectivity index (χ2v) is 5.88. The second kappa shape index (κ2) is 7.50. The maximum Gasteiger partial charge on any atom is 0.0585 e. The van der Waals surface area contributed by atoms with Gasteiger partial charge in [-0.15, -0.1) is 23.4 Å². The third kappa shape index (κ3) is 4.40. The van der Waals surface area contributed by atoms with E-state index in [4.69, 9.17) is 11.6 Å². The van der Waals surface area contributed by atoms with E-state index < -0.39 is 0 Å². The summed E-state index contributed by atoms with van der Waals surface area (Å²) in [5, 5.41) is 0.141. The van der Waals surface area contributed by atoms with Crippen molar-refractivity contribution in [2.45, 2.75) is 23.1 Å². The van der Waals surface area contributed by atoms with Gasteiger partial charge in [0.05, 0.1) is 5.38 Å². The van der Waals surface area contributed by atoms with E-state index in [2.05, 4.69) is 36.4 Å². The van der Waals surface area contributed by atoms with Crippen LogP contribution in [0.15, 0.2) is 65.6 Å². The van der Waals surface area contributed by atoms with Gasteiger partial charge >= 0.3 is 0 Å². The topological polar surface area (TPSA) is 0 Å². The van der Waals surface area contributed by atoms with Gasteiger partial charge in [-0.2, -0.15) is 0 Å². The summed E-state index contributed by atoms with van der Waals surface area (Å²) in [6.45, 7) is 0. The van der Waals surface area contributed by atoms with Crippen molar-refractivity contribution >= 4 is 23.4 Å². The van der Waals surface area contributed by atoms with Gasteiger partial charge < -0.3 is 0 Å². The summed E-state index contributed by atoms with van der Waals surface area (Å²) in [4.78, 5) is 1.34. The van der Waals surface area contributed by atoms with Gasteiger partial charge in [-0.3, -0.25) is 0 Å². The fourth-order valence-electron chi connectivity index (χ4n) is 1.80. The second-order valence-electron chi connectivity index (χ2n) is 4.18. The van der Waals surface area contributed by atoms with Crippen LogP contribution >= 0.6 is 23.4 Å². The third-order valence-corrected chi connectivity index (χ3v) is 4.34. The van der Waals surface area contributed by atoms with Crippen LogP contribution < -0.4 is 0 Å². The maximum atomic E-state index is 6.38. The Labute approximate surface area is 118 Å². The lowest BCUT2D eigenvalue weighted by molar-refractivity contribution is 0.777. The van der Waals surface area contributed by atoms with Crippen molar-refractivity contribution < 1.29 is 0 Å². The predicted octanol–water partition coefficient (Wildman–Crippen LogP) is 5.54. The van der Waals surface area contributed by atoms with Gasteiger partial charge in [-0.1, -0.05) is 48.5 Å². The minimum atomic E-state index is 0.141. The summed E-state index contributed by atoms with van der Waals surface area (Å²) in [5.74, 6) is 1.13. The highest BCUT2D eigenvalue weighted by Gasteiger charge is 2.06. The summed E-state index contributed by atoms with van der Waals surface area (Å²) < 4.78 is 0. The minimum absolute atomic E-state index is 0.141. The molecule has 94 valence electrons. The molecule has 0 aromatic heterocycles. The molecule has 1 atom stereocenters. The van der Waals surface area contributed by atoms with Gasteiger partial charge in [0.15, 0.2) is 0 Å². The average Bonchev–Trinajstić information content (AvgIpc) is 2.45. The van der Waals surface area contributed by atoms with Crippen LogP contribution in [-0.4, -0.2) is 5.75 Å². The smallest absolute Gasteiger partial charge is 0.0585 e. The van der Waals surface area contributed by atoms with Crippen molar-refractivity contribution in [1.82, 2.24) is 0 Å². The summed E-state index contributed by atoms with van der Waals surface area (Å²) in [7, 11) is 0. The van der Waals surface area contributed by atoms with Crippen molar-refractivity contribution in [2.24, 2.45) is 0 Å². The number of hydrogen-bond acceptors (Lipinski definition) is 1. The van der Waals surface area contributed by atoms with Gasteiger partial charge in [0.25, 0.3) is 0 Å². The van der Waals surface area contributed by atoms with Crippen LogP contribution in [0.5, 0.6) is 0 Å². The Hall–Kier alpha value is -0.920. The molecule has 0 aliphatic carbocycles. The minimum Gasteiger partial charge on any atom is -0.126 e. The Morgan fingerprint density at radius 3 is 2.17 bits per heavy atom. The molecule has 0 nitrogen and oxygen atoms in total. The van der Waals surface area contributed by atoms with Crippen LogP contribution in [0, 0.1) is 0 Å². The Kier molecular flexibility index (Phi) is 5.63. The highest BCUT2D eigenvalue weighted by Crippen LogP contribution is 2.27. The third-order valence-electron chi connectivity index (χ3n) is 2.78. The molecule has 0 aliphatic rings. The Balaban J connectivity index is 1.70. The molecular formula is C16H17ClS. The standard InChI is InChI=1S/C16H17ClS/c17-16(14-8-3-1-4-9-14)12-7-13-18-15-10-5-2-6-11-15/h1-6,8-11,16H,7,12-13H2. The van der Waals surface area contributed by atoms with E-state index in [1.54, 1.807) is 0 Å². The SMILES string of the molecule is ClC(CCCSc1ccccc1)c1ccccc1. The molecule has 2 rings (SSSR count). The molecule has 2 aromatic rings. The Bertz CT molecular complexity index is 441. The van der Waals surface area contributed by atoms with E-state index >= 15 is 0 Å². The van der Waals surface area contributed by atoms with Crippen LogP contribution in [0.1, 0.15) is 23.8 Å². The normalized spacial score (nSPS) is 12.3. The van der Waals surface area contributed by atoms with Crippen molar-refractivity contribution in [1.29, 1.82) is 0 Å². The van der Waals surface area contributed by atoms with E-state index in [1.165, 1.54) is 10.5 Å². The molecule has 0 heterocycles. The van der Waals surface area contributed by atoms with Crippen molar-refractivity contribution in [3.8, 4) is 0 Å². The summed E-state index contributed by atoms with van der Waals surface area (Å²) >= 11 is 8.28. The van der Waals surface area contributed by atoms with Crippen LogP contribution in [0.25, 0.3) is 0 Å². The summed E-state index contributed by atoms with van der Waals surface area (Å²) in [5.41, 5.74) is 1.23. The molecule has 0 bridgehead atoms. The highest BCUT2D eigenvalue weighted by molar-refractivity contribution is 7.99. The molecule has 2 aromatic carbocycles. The molecule has 0 fully saturated rings. The molecular weight excluding hydrogens is 260 g/mol. The van der Waals surface area contributed by atoms with Crippen LogP contribution in [-0.2, 0) is 0 Å². The van der Waals surface area contributed by atoms with E-state index in [9.17, 15) is 0 Å². The van der Waals surface area contributed by atoms with E-state index in [1.807, 2.05) is 36.0 Å². The van der Waals surface area contributed by atoms with Crippen LogP contribution in [0.3, 0.4) is 0 Å². The zero-order chi connectivity index (χ0) is 12.6. The van der Waals surface area contributed by atoms with Gasteiger partial charge in [0.2, 0.25) is 0 Å². The quantitative estimate of drug-likeness (QED) is 0.379. The zero-order valence-electron chi connectivity index (χ0n) is 10.3. The Morgan fingerprint density at radius 2 is 1.50 bits per heavy atom. The zero-order valence-corrected chi connectivity index (χ0v) is 11.8. The molecule has 0 amide bonds. The molecule has 0 saturated carbocycles. The first-order valence-electron chi connectivity index (χ1n) is 6.23. The first-order chi connectivity index (χ1) is 8.86. The molecule has 18 heavy (non-hydrogen) atoms. The lowest BCUT2D eigenvalue weighted by Gasteiger charge is -2.09. The molecule has 0 saturated heterocycles. The summed E-state index contributed by atoms with van der Waals surface area (Å²) in [6, 6.07) is 20.8. The lowest BCUT2D eigenvalue weighted by atomic mass is 10.1. The number of thioether (sulfide) groups is 1. The summed E-state index contributed by atoms with van der Waals surface area (Å²) in [6.07, 6.45) is 2.17. The maximum absolute atomic E-state index is 6.38. The van der Waals surface area contributed by atoms with Gasteiger partial charge in [-0.05, 0) is 36.3 Å². The molecule has 1 unspecified atom stereocenters. The van der Waals surface area contributed by atoms with E-state index in [0.717, 1.165) is 18.6 Å². The molecule has 2 heteroatoms. The van der Waals surface area contributed by atoms with E-state index in [0.29, 0.717) is 0 Å². The number of halogens is 1. The fourth-order valence-corrected chi connectivity index (χ4v) is 2.99. The van der Waals surface area contributed by atoms with Crippen molar-refractivity contribution in [3.63, 3.8) is 0 Å². The largest absolute Gasteiger partial charge is 0.126 e. The van der Waals surface area contributed by atoms with Crippen LogP contribution in [0.4, 0.5) is 0 Å². The molecule has 0 aliphatic heterocycles. The molecule has 0 radical (unpaired) electrons. The van der Waals surface area contributed by atoms with Crippen LogP contribution in [0.2, 0.25) is 0 Å². The van der Waals surface area contributed by atoms with E-state index in [-0.39, 0.29) is 5.38 Å². The number of benzene rings is 2. The molecule has 0 N–H and O–H groups in total. The predicted molar refractivity (Wildman–Crippen MR) is 81.4 cm³/mol. The number of alkyl halides is 1. The van der Waals surface area contributed by atoms with Crippen molar-refractivity contribution in [2.75, 3.05) is 5.75 Å². The lowest BCUT2D eigenvalue weighted by Crippen LogP contribution is -1.91. The number of rotatable bonds is 6. The van der Waals surface area contributed by atoms with Gasteiger partial charge in [0.1, 0.15) is 0 Å². The highest BCUT2D eigenvalue weighted by atomic mass is 35.5. The monoisotopic (exact) mass is 276 g/mol. The van der Waals surface area contributed by atoms with Crippen molar-refractivity contribution in [3.05, 3.63) is 66.2 Å². The first-order valence-corrected chi connectivity index (χ1v) is 7.65. The Morgan fingerprint density at radius 1 is 0.889 bits per heavy atom. The van der Waals surface area contributed by atoms with Gasteiger partial charge in [0, 0.05) is 4.90 Å². The average molecular weight is 277 g/mol.